The third kappa shape index (κ3) is 3.97. The third-order valence-electron chi connectivity index (χ3n) is 4.25. The number of aromatic nitrogens is 1. The molecule has 1 saturated carbocycles. The highest BCUT2D eigenvalue weighted by atomic mass is 35.5. The number of pyridine rings is 1. The first-order valence-corrected chi connectivity index (χ1v) is 8.12. The van der Waals surface area contributed by atoms with Gasteiger partial charge in [-0.25, -0.2) is 4.98 Å². The van der Waals surface area contributed by atoms with Crippen LogP contribution >= 0.6 is 11.6 Å². The zero-order chi connectivity index (χ0) is 15.6. The van der Waals surface area contributed by atoms with Gasteiger partial charge in [-0.15, -0.1) is 0 Å². The van der Waals surface area contributed by atoms with Gasteiger partial charge in [0.25, 0.3) is 5.91 Å². The second-order valence-corrected chi connectivity index (χ2v) is 7.41. The van der Waals surface area contributed by atoms with Gasteiger partial charge in [0.2, 0.25) is 0 Å². The minimum absolute atomic E-state index is 0.0525. The van der Waals surface area contributed by atoms with Crippen LogP contribution in [0.1, 0.15) is 68.9 Å². The van der Waals surface area contributed by atoms with E-state index in [1.165, 1.54) is 19.3 Å². The molecule has 21 heavy (non-hydrogen) atoms. The first-order valence-electron chi connectivity index (χ1n) is 7.74. The van der Waals surface area contributed by atoms with Crippen molar-refractivity contribution >= 4 is 17.5 Å². The Labute approximate surface area is 132 Å². The highest BCUT2D eigenvalue weighted by molar-refractivity contribution is 6.29. The maximum absolute atomic E-state index is 12.7. The van der Waals surface area contributed by atoms with Crippen LogP contribution in [0.3, 0.4) is 0 Å². The van der Waals surface area contributed by atoms with Crippen molar-refractivity contribution in [2.45, 2.75) is 64.3 Å². The van der Waals surface area contributed by atoms with E-state index in [0.29, 0.717) is 16.8 Å². The Morgan fingerprint density at radius 2 is 1.86 bits per heavy atom. The Morgan fingerprint density at radius 1 is 1.24 bits per heavy atom. The quantitative estimate of drug-likeness (QED) is 0.757. The molecule has 1 aromatic heterocycles. The minimum Gasteiger partial charge on any atom is -0.339 e. The van der Waals surface area contributed by atoms with E-state index in [1.54, 1.807) is 6.07 Å². The maximum Gasteiger partial charge on any atom is 0.254 e. The first-order chi connectivity index (χ1) is 9.79. The van der Waals surface area contributed by atoms with E-state index in [-0.39, 0.29) is 11.3 Å². The lowest BCUT2D eigenvalue weighted by atomic mass is 9.90. The van der Waals surface area contributed by atoms with E-state index in [0.717, 1.165) is 18.5 Å². The van der Waals surface area contributed by atoms with Crippen LogP contribution in [0.5, 0.6) is 0 Å². The molecule has 0 atom stereocenters. The Hall–Kier alpha value is -1.09. The van der Waals surface area contributed by atoms with Crippen LogP contribution in [0.4, 0.5) is 0 Å². The fourth-order valence-corrected chi connectivity index (χ4v) is 3.05. The Kier molecular flexibility index (Phi) is 4.92. The van der Waals surface area contributed by atoms with Crippen molar-refractivity contribution in [3.63, 3.8) is 0 Å². The topological polar surface area (TPSA) is 33.2 Å². The number of hydrogen-bond acceptors (Lipinski definition) is 2. The lowest BCUT2D eigenvalue weighted by molar-refractivity contribution is 0.0696. The van der Waals surface area contributed by atoms with Crippen molar-refractivity contribution in [2.24, 2.45) is 0 Å². The first kappa shape index (κ1) is 16.3. The molecule has 0 aromatic carbocycles. The zero-order valence-electron chi connectivity index (χ0n) is 13.4. The number of rotatable bonds is 2. The van der Waals surface area contributed by atoms with Gasteiger partial charge in [0.15, 0.2) is 0 Å². The van der Waals surface area contributed by atoms with Gasteiger partial charge in [0.05, 0.1) is 0 Å². The molecule has 1 aliphatic rings. The fourth-order valence-electron chi connectivity index (χ4n) is 2.84. The van der Waals surface area contributed by atoms with E-state index < -0.39 is 0 Å². The summed E-state index contributed by atoms with van der Waals surface area (Å²) in [6.07, 6.45) is 5.92. The number of amides is 1. The average Bonchev–Trinajstić information content (AvgIpc) is 2.45. The van der Waals surface area contributed by atoms with E-state index in [2.05, 4.69) is 25.8 Å². The molecule has 4 heteroatoms. The van der Waals surface area contributed by atoms with Crippen LogP contribution in [0.25, 0.3) is 0 Å². The highest BCUT2D eigenvalue weighted by Gasteiger charge is 2.25. The molecule has 0 saturated heterocycles. The number of nitrogens with zero attached hydrogens (tertiary/aromatic N) is 2. The molecule has 0 unspecified atom stereocenters. The van der Waals surface area contributed by atoms with E-state index in [9.17, 15) is 4.79 Å². The summed E-state index contributed by atoms with van der Waals surface area (Å²) in [6.45, 7) is 6.22. The van der Waals surface area contributed by atoms with Gasteiger partial charge in [-0.2, -0.15) is 0 Å². The third-order valence-corrected chi connectivity index (χ3v) is 4.45. The van der Waals surface area contributed by atoms with Crippen LogP contribution in [0, 0.1) is 0 Å². The number of hydrogen-bond donors (Lipinski definition) is 0. The molecule has 1 fully saturated rings. The molecule has 2 rings (SSSR count). The van der Waals surface area contributed by atoms with Crippen LogP contribution in [-0.4, -0.2) is 28.9 Å². The molecule has 0 spiro atoms. The Bertz CT molecular complexity index is 516. The summed E-state index contributed by atoms with van der Waals surface area (Å²) >= 11 is 6.11. The van der Waals surface area contributed by atoms with Gasteiger partial charge in [-0.1, -0.05) is 51.6 Å². The second-order valence-electron chi connectivity index (χ2n) is 7.02. The summed E-state index contributed by atoms with van der Waals surface area (Å²) in [7, 11) is 1.91. The van der Waals surface area contributed by atoms with Crippen LogP contribution in [0.2, 0.25) is 5.15 Å². The molecule has 1 aliphatic carbocycles. The normalized spacial score (nSPS) is 16.8. The molecule has 3 nitrogen and oxygen atoms in total. The van der Waals surface area contributed by atoms with E-state index >= 15 is 0 Å². The van der Waals surface area contributed by atoms with Gasteiger partial charge >= 0.3 is 0 Å². The van der Waals surface area contributed by atoms with Crippen LogP contribution in [0.15, 0.2) is 12.1 Å². The van der Waals surface area contributed by atoms with Crippen molar-refractivity contribution in [2.75, 3.05) is 7.05 Å². The van der Waals surface area contributed by atoms with Crippen LogP contribution < -0.4 is 0 Å². The SMILES string of the molecule is CN(C(=O)c1cc(Cl)nc(C(C)(C)C)c1)C1CCCCC1. The molecule has 1 aromatic rings. The lowest BCUT2D eigenvalue weighted by Crippen LogP contribution is -2.38. The molecule has 1 amide bonds. The van der Waals surface area contributed by atoms with Gasteiger partial charge in [-0.05, 0) is 25.0 Å². The van der Waals surface area contributed by atoms with Gasteiger partial charge in [0, 0.05) is 29.8 Å². The molecule has 116 valence electrons. The van der Waals surface area contributed by atoms with Gasteiger partial charge in [0.1, 0.15) is 5.15 Å². The summed E-state index contributed by atoms with van der Waals surface area (Å²) in [5.74, 6) is 0.0525. The standard InChI is InChI=1S/C17H25ClN2O/c1-17(2,3)14-10-12(11-15(18)19-14)16(21)20(4)13-8-6-5-7-9-13/h10-11,13H,5-9H2,1-4H3. The molecule has 1 heterocycles. The van der Waals surface area contributed by atoms with Gasteiger partial charge in [-0.3, -0.25) is 4.79 Å². The highest BCUT2D eigenvalue weighted by Crippen LogP contribution is 2.26. The summed E-state index contributed by atoms with van der Waals surface area (Å²) < 4.78 is 0. The van der Waals surface area contributed by atoms with Crippen molar-refractivity contribution in [1.29, 1.82) is 0 Å². The van der Waals surface area contributed by atoms with Crippen LogP contribution in [-0.2, 0) is 5.41 Å². The average molecular weight is 309 g/mol. The summed E-state index contributed by atoms with van der Waals surface area (Å²) in [5, 5.41) is 0.391. The summed E-state index contributed by atoms with van der Waals surface area (Å²) in [6, 6.07) is 3.92. The Balaban J connectivity index is 2.24. The Morgan fingerprint density at radius 3 is 2.43 bits per heavy atom. The maximum atomic E-state index is 12.7. The smallest absolute Gasteiger partial charge is 0.254 e. The van der Waals surface area contributed by atoms with Crippen molar-refractivity contribution in [3.05, 3.63) is 28.5 Å². The summed E-state index contributed by atoms with van der Waals surface area (Å²) in [4.78, 5) is 19.0. The number of carbonyl (C=O) groups is 1. The molecule has 0 N–H and O–H groups in total. The minimum atomic E-state index is -0.122. The fraction of sp³-hybridized carbons (Fsp3) is 0.647. The predicted molar refractivity (Wildman–Crippen MR) is 86.9 cm³/mol. The monoisotopic (exact) mass is 308 g/mol. The van der Waals surface area contributed by atoms with Gasteiger partial charge < -0.3 is 4.90 Å². The van der Waals surface area contributed by atoms with E-state index in [4.69, 9.17) is 11.6 Å². The predicted octanol–water partition coefficient (Wildman–Crippen LogP) is 4.44. The molecule has 0 radical (unpaired) electrons. The van der Waals surface area contributed by atoms with Crippen molar-refractivity contribution < 1.29 is 4.79 Å². The lowest BCUT2D eigenvalue weighted by Gasteiger charge is -2.31. The largest absolute Gasteiger partial charge is 0.339 e. The molecular formula is C17H25ClN2O. The second kappa shape index (κ2) is 6.35. The zero-order valence-corrected chi connectivity index (χ0v) is 14.2. The molecule has 0 bridgehead atoms. The van der Waals surface area contributed by atoms with Crippen molar-refractivity contribution in [1.82, 2.24) is 9.88 Å². The van der Waals surface area contributed by atoms with Crippen molar-refractivity contribution in [3.8, 4) is 0 Å². The summed E-state index contributed by atoms with van der Waals surface area (Å²) in [5.41, 5.74) is 1.38. The number of carbonyl (C=O) groups excluding carboxylic acids is 1. The van der Waals surface area contributed by atoms with E-state index in [1.807, 2.05) is 18.0 Å². The molecule has 0 aliphatic heterocycles. The molecular weight excluding hydrogens is 284 g/mol. The number of halogens is 1.